The molecule has 1 aromatic carbocycles. The summed E-state index contributed by atoms with van der Waals surface area (Å²) in [7, 11) is -2.31. The molecule has 0 heterocycles. The fraction of sp³-hybridized carbons (Fsp3) is 0.455. The second kappa shape index (κ2) is 5.71. The van der Waals surface area contributed by atoms with Crippen molar-refractivity contribution in [2.75, 3.05) is 10.5 Å². The van der Waals surface area contributed by atoms with Crippen molar-refractivity contribution >= 4 is 47.0 Å². The Bertz CT molecular complexity index is 706. The number of nitrogens with one attached hydrogen (secondary N) is 1. The fourth-order valence-electron chi connectivity index (χ4n) is 1.50. The molecule has 0 saturated carbocycles. The van der Waals surface area contributed by atoms with Crippen molar-refractivity contribution in [1.82, 2.24) is 0 Å². The quantitative estimate of drug-likeness (QED) is 0.837. The van der Waals surface area contributed by atoms with Gasteiger partial charge in [0.05, 0.1) is 21.4 Å². The summed E-state index contributed by atoms with van der Waals surface area (Å²) in [5.41, 5.74) is -0.308. The Morgan fingerprint density at radius 1 is 1.15 bits per heavy atom. The number of halogens is 2. The molecule has 0 amide bonds. The normalized spacial score (nSPS) is 13.2. The molecule has 1 N–H and O–H groups in total. The molecule has 9 heteroatoms. The lowest BCUT2D eigenvalue weighted by molar-refractivity contribution is 0.463. The van der Waals surface area contributed by atoms with Gasteiger partial charge in [-0.05, 0) is 23.6 Å². The van der Waals surface area contributed by atoms with Crippen LogP contribution in [0, 0.1) is 5.41 Å². The molecule has 1 rings (SSSR count). The van der Waals surface area contributed by atoms with E-state index in [1.807, 2.05) is 0 Å². The van der Waals surface area contributed by atoms with Crippen LogP contribution in [0.4, 0.5) is 5.69 Å². The number of hydrogen-bond donors (Lipinski definition) is 1. The molecule has 0 aliphatic rings. The highest BCUT2D eigenvalue weighted by atomic mass is 35.7. The molecule has 0 saturated heterocycles. The van der Waals surface area contributed by atoms with E-state index in [-0.39, 0.29) is 21.4 Å². The first-order valence-electron chi connectivity index (χ1n) is 5.55. The van der Waals surface area contributed by atoms with Crippen molar-refractivity contribution in [2.24, 2.45) is 5.41 Å². The third-order valence-corrected chi connectivity index (χ3v) is 5.55. The van der Waals surface area contributed by atoms with Crippen molar-refractivity contribution in [2.45, 2.75) is 25.7 Å². The Balaban J connectivity index is 3.07. The number of rotatable bonds is 4. The highest BCUT2D eigenvalue weighted by Gasteiger charge is 2.22. The summed E-state index contributed by atoms with van der Waals surface area (Å²) in [6, 6.07) is 3.54. The van der Waals surface area contributed by atoms with Gasteiger partial charge in [-0.2, -0.15) is 0 Å². The lowest BCUT2D eigenvalue weighted by Crippen LogP contribution is -2.26. The molecule has 0 atom stereocenters. The summed E-state index contributed by atoms with van der Waals surface area (Å²) >= 11 is 5.86. The lowest BCUT2D eigenvalue weighted by atomic mass is 10.0. The molecule has 0 aromatic heterocycles. The van der Waals surface area contributed by atoms with Gasteiger partial charge in [0.25, 0.3) is 9.05 Å². The third kappa shape index (κ3) is 5.47. The first-order chi connectivity index (χ1) is 8.80. The maximum Gasteiger partial charge on any atom is 0.261 e. The van der Waals surface area contributed by atoms with Gasteiger partial charge in [0, 0.05) is 10.7 Å². The number of anilines is 1. The molecule has 1 aromatic rings. The van der Waals surface area contributed by atoms with E-state index in [1.54, 1.807) is 20.8 Å². The second-order valence-electron chi connectivity index (χ2n) is 5.50. The average Bonchev–Trinajstić information content (AvgIpc) is 2.15. The van der Waals surface area contributed by atoms with Crippen LogP contribution >= 0.6 is 22.3 Å². The highest BCUT2D eigenvalue weighted by Crippen LogP contribution is 2.28. The summed E-state index contributed by atoms with van der Waals surface area (Å²) in [5, 5.41) is -0.0378. The van der Waals surface area contributed by atoms with Crippen LogP contribution in [-0.4, -0.2) is 22.6 Å². The average molecular weight is 360 g/mol. The minimum Gasteiger partial charge on any atom is -0.282 e. The van der Waals surface area contributed by atoms with Crippen LogP contribution in [0.25, 0.3) is 0 Å². The van der Waals surface area contributed by atoms with Crippen LogP contribution in [0.3, 0.4) is 0 Å². The van der Waals surface area contributed by atoms with Crippen LogP contribution in [0.15, 0.2) is 23.1 Å². The molecule has 0 unspecified atom stereocenters. The molecular formula is C11H15Cl2NO4S2. The molecule has 20 heavy (non-hydrogen) atoms. The van der Waals surface area contributed by atoms with E-state index in [0.717, 1.165) is 6.07 Å². The van der Waals surface area contributed by atoms with Gasteiger partial charge in [0.15, 0.2) is 0 Å². The topological polar surface area (TPSA) is 80.3 Å². The zero-order valence-electron chi connectivity index (χ0n) is 11.1. The predicted octanol–water partition coefficient (Wildman–Crippen LogP) is 3.06. The molecule has 114 valence electrons. The molecule has 0 aliphatic carbocycles. The first kappa shape index (κ1) is 17.6. The van der Waals surface area contributed by atoms with Gasteiger partial charge in [-0.25, -0.2) is 16.8 Å². The van der Waals surface area contributed by atoms with E-state index in [0.29, 0.717) is 0 Å². The molecule has 0 spiro atoms. The van der Waals surface area contributed by atoms with Gasteiger partial charge in [-0.15, -0.1) is 0 Å². The summed E-state index contributed by atoms with van der Waals surface area (Å²) < 4.78 is 48.5. The third-order valence-electron chi connectivity index (χ3n) is 2.11. The van der Waals surface area contributed by atoms with E-state index >= 15 is 0 Å². The zero-order chi connectivity index (χ0) is 15.8. The summed E-state index contributed by atoms with van der Waals surface area (Å²) in [5.74, 6) is -0.0914. The van der Waals surface area contributed by atoms with E-state index in [9.17, 15) is 16.8 Å². The van der Waals surface area contributed by atoms with E-state index in [1.165, 1.54) is 12.1 Å². The van der Waals surface area contributed by atoms with Gasteiger partial charge in [-0.3, -0.25) is 4.72 Å². The lowest BCUT2D eigenvalue weighted by Gasteiger charge is -2.19. The Hall–Kier alpha value is -0.500. The Kier molecular flexibility index (Phi) is 5.01. The Morgan fingerprint density at radius 3 is 2.10 bits per heavy atom. The first-order valence-corrected chi connectivity index (χ1v) is 9.89. The number of sulfonamides is 1. The largest absolute Gasteiger partial charge is 0.282 e. The van der Waals surface area contributed by atoms with Crippen LogP contribution in [0.2, 0.25) is 5.02 Å². The smallest absolute Gasteiger partial charge is 0.261 e. The van der Waals surface area contributed by atoms with Crippen molar-refractivity contribution in [1.29, 1.82) is 0 Å². The maximum atomic E-state index is 11.9. The minimum absolute atomic E-state index is 0.0378. The van der Waals surface area contributed by atoms with Gasteiger partial charge >= 0.3 is 0 Å². The minimum atomic E-state index is -3.90. The molecule has 0 radical (unpaired) electrons. The van der Waals surface area contributed by atoms with E-state index in [4.69, 9.17) is 22.3 Å². The summed E-state index contributed by atoms with van der Waals surface area (Å²) in [6.07, 6.45) is 0. The van der Waals surface area contributed by atoms with Crippen molar-refractivity contribution < 1.29 is 16.8 Å². The van der Waals surface area contributed by atoms with Gasteiger partial charge in [0.2, 0.25) is 10.0 Å². The Morgan fingerprint density at radius 2 is 1.70 bits per heavy atom. The SMILES string of the molecule is CC(C)(C)CS(=O)(=O)Nc1ccc(S(=O)(=O)Cl)cc1Cl. The van der Waals surface area contributed by atoms with Crippen molar-refractivity contribution in [3.05, 3.63) is 23.2 Å². The van der Waals surface area contributed by atoms with Gasteiger partial charge in [0.1, 0.15) is 0 Å². The van der Waals surface area contributed by atoms with Crippen molar-refractivity contribution in [3.8, 4) is 0 Å². The van der Waals surface area contributed by atoms with Gasteiger partial charge < -0.3 is 0 Å². The predicted molar refractivity (Wildman–Crippen MR) is 81.4 cm³/mol. The maximum absolute atomic E-state index is 11.9. The van der Waals surface area contributed by atoms with E-state index < -0.39 is 24.5 Å². The van der Waals surface area contributed by atoms with Crippen LogP contribution in [-0.2, 0) is 19.1 Å². The fourth-order valence-corrected chi connectivity index (χ4v) is 4.35. The van der Waals surface area contributed by atoms with Crippen LogP contribution in [0.1, 0.15) is 20.8 Å². The second-order valence-corrected chi connectivity index (χ2v) is 10.2. The molecule has 0 aliphatic heterocycles. The van der Waals surface area contributed by atoms with Crippen LogP contribution < -0.4 is 4.72 Å². The van der Waals surface area contributed by atoms with E-state index in [2.05, 4.69) is 4.72 Å². The van der Waals surface area contributed by atoms with Crippen LogP contribution in [0.5, 0.6) is 0 Å². The summed E-state index contributed by atoms with van der Waals surface area (Å²) in [6.45, 7) is 5.37. The van der Waals surface area contributed by atoms with Gasteiger partial charge in [-0.1, -0.05) is 32.4 Å². The summed E-state index contributed by atoms with van der Waals surface area (Å²) in [4.78, 5) is -0.192. The Labute approximate surface area is 128 Å². The molecule has 0 bridgehead atoms. The standard InChI is InChI=1S/C11H15Cl2NO4S2/c1-11(2,3)7-19(15,16)14-10-5-4-8(6-9(10)12)20(13,17)18/h4-6,14H,7H2,1-3H3. The number of hydrogen-bond acceptors (Lipinski definition) is 4. The monoisotopic (exact) mass is 359 g/mol. The highest BCUT2D eigenvalue weighted by molar-refractivity contribution is 8.13. The molecule has 0 fully saturated rings. The molecular weight excluding hydrogens is 345 g/mol. The zero-order valence-corrected chi connectivity index (χ0v) is 14.3. The number of benzene rings is 1. The van der Waals surface area contributed by atoms with Crippen molar-refractivity contribution in [3.63, 3.8) is 0 Å². The molecule has 5 nitrogen and oxygen atoms in total.